The first-order valence-corrected chi connectivity index (χ1v) is 7.43. The monoisotopic (exact) mass is 323 g/mol. The van der Waals surface area contributed by atoms with E-state index < -0.39 is 45.8 Å². The van der Waals surface area contributed by atoms with Crippen LogP contribution < -0.4 is 4.28 Å². The number of hydrogen-bond acceptors (Lipinski definition) is 6. The Balaban J connectivity index is 2.04. The highest BCUT2D eigenvalue weighted by atomic mass is 32.2. The van der Waals surface area contributed by atoms with Gasteiger partial charge in [0.2, 0.25) is 11.8 Å². The molecule has 10 heteroatoms. The minimum Gasteiger partial charge on any atom is -0.492 e. The molecule has 1 aromatic rings. The molecular formula is C11H11F2NO6S. The fraction of sp³-hybridized carbons (Fsp3) is 0.455. The van der Waals surface area contributed by atoms with Gasteiger partial charge in [-0.25, -0.2) is 0 Å². The van der Waals surface area contributed by atoms with Crippen LogP contribution in [0.4, 0.5) is 8.78 Å². The Morgan fingerprint density at radius 1 is 1.29 bits per heavy atom. The Morgan fingerprint density at radius 3 is 2.19 bits per heavy atom. The van der Waals surface area contributed by atoms with Gasteiger partial charge in [0, 0.05) is 6.42 Å². The normalized spacial score (nSPS) is 23.6. The predicted octanol–water partition coefficient (Wildman–Crippen LogP) is 1.34. The van der Waals surface area contributed by atoms with Crippen LogP contribution in [0.3, 0.4) is 0 Å². The summed E-state index contributed by atoms with van der Waals surface area (Å²) in [5.41, 5.74) is 0.213. The summed E-state index contributed by atoms with van der Waals surface area (Å²) in [5, 5.41) is 15.7. The molecule has 2 aliphatic heterocycles. The van der Waals surface area contributed by atoms with Gasteiger partial charge in [0.25, 0.3) is 0 Å². The summed E-state index contributed by atoms with van der Waals surface area (Å²) in [6.45, 7) is 0.967. The molecule has 2 atom stereocenters. The van der Waals surface area contributed by atoms with Gasteiger partial charge in [-0.3, -0.25) is 4.28 Å². The fourth-order valence-electron chi connectivity index (χ4n) is 2.30. The zero-order valence-corrected chi connectivity index (χ0v) is 11.5. The smallest absolute Gasteiger partial charge is 0.393 e. The topological polar surface area (TPSA) is 98.0 Å². The molecule has 0 aromatic carbocycles. The second kappa shape index (κ2) is 4.10. The number of rotatable bonds is 4. The fourth-order valence-corrected chi connectivity index (χ4v) is 3.10. The third-order valence-corrected chi connectivity index (χ3v) is 4.80. The lowest BCUT2D eigenvalue weighted by Crippen LogP contribution is -2.36. The van der Waals surface area contributed by atoms with Crippen LogP contribution in [0.15, 0.2) is 12.2 Å². The van der Waals surface area contributed by atoms with Gasteiger partial charge in [0.1, 0.15) is 12.2 Å². The minimum atomic E-state index is -5.36. The zero-order valence-electron chi connectivity index (χ0n) is 10.7. The number of nitrogens with zero attached hydrogens (tertiary/aromatic N) is 1. The maximum absolute atomic E-state index is 13.3. The van der Waals surface area contributed by atoms with Crippen molar-refractivity contribution in [2.24, 2.45) is 0 Å². The summed E-state index contributed by atoms with van der Waals surface area (Å²) in [5.74, 6) is -1.57. The van der Waals surface area contributed by atoms with Crippen LogP contribution >= 0.6 is 0 Å². The van der Waals surface area contributed by atoms with Gasteiger partial charge in [-0.2, -0.15) is 17.2 Å². The van der Waals surface area contributed by atoms with Crippen LogP contribution in [0.1, 0.15) is 36.7 Å². The molecular weight excluding hydrogens is 312 g/mol. The molecule has 0 amide bonds. The van der Waals surface area contributed by atoms with Gasteiger partial charge < -0.3 is 14.9 Å². The first-order chi connectivity index (χ1) is 9.69. The molecule has 0 aliphatic carbocycles. The van der Waals surface area contributed by atoms with Gasteiger partial charge in [-0.05, 0) is 0 Å². The lowest BCUT2D eigenvalue weighted by molar-refractivity contribution is 0.0599. The molecule has 0 radical (unpaired) electrons. The number of aromatic hydroxyl groups is 2. The second-order valence-corrected chi connectivity index (χ2v) is 6.31. The molecule has 116 valence electrons. The molecule has 21 heavy (non-hydrogen) atoms. The van der Waals surface area contributed by atoms with E-state index in [0.717, 1.165) is 6.92 Å². The molecule has 7 nitrogen and oxygen atoms in total. The highest BCUT2D eigenvalue weighted by Gasteiger charge is 2.49. The van der Waals surface area contributed by atoms with Crippen LogP contribution in [-0.4, -0.2) is 28.6 Å². The number of halogens is 2. The molecule has 0 fully saturated rings. The average molecular weight is 323 g/mol. The molecule has 1 aromatic heterocycles. The molecule has 2 bridgehead atoms. The summed E-state index contributed by atoms with van der Waals surface area (Å²) in [4.78, 5) is 0. The van der Waals surface area contributed by atoms with E-state index in [9.17, 15) is 27.4 Å². The Labute approximate surface area is 118 Å². The lowest BCUT2D eigenvalue weighted by atomic mass is 10.0. The van der Waals surface area contributed by atoms with Crippen molar-refractivity contribution >= 4 is 10.1 Å². The molecule has 0 saturated carbocycles. The Kier molecular flexibility index (Phi) is 2.76. The number of alkyl halides is 2. The van der Waals surface area contributed by atoms with Gasteiger partial charge in [-0.1, -0.05) is 23.8 Å². The maximum atomic E-state index is 13.3. The first-order valence-electron chi connectivity index (χ1n) is 6.02. The summed E-state index contributed by atoms with van der Waals surface area (Å²) < 4.78 is 59.2. The Bertz CT molecular complexity index is 703. The largest absolute Gasteiger partial charge is 0.492 e. The number of fused-ring (bicyclic) bond motifs is 5. The molecule has 0 spiro atoms. The van der Waals surface area contributed by atoms with E-state index in [1.807, 2.05) is 0 Å². The molecule has 2 aliphatic rings. The van der Waals surface area contributed by atoms with E-state index in [1.54, 1.807) is 12.2 Å². The van der Waals surface area contributed by atoms with Gasteiger partial charge in [0.15, 0.2) is 0 Å². The van der Waals surface area contributed by atoms with E-state index in [1.165, 1.54) is 0 Å². The molecule has 3 heterocycles. The molecule has 3 rings (SSSR count). The van der Waals surface area contributed by atoms with Crippen molar-refractivity contribution in [2.45, 2.75) is 30.8 Å². The highest BCUT2D eigenvalue weighted by molar-refractivity contribution is 7.88. The summed E-state index contributed by atoms with van der Waals surface area (Å²) in [6.07, 6.45) is 0.829. The highest BCUT2D eigenvalue weighted by Crippen LogP contribution is 2.54. The van der Waals surface area contributed by atoms with Crippen molar-refractivity contribution in [1.29, 1.82) is 0 Å². The SMILES string of the molecule is CCC(F)(F)S(=O)(=O)On1c(O)c2c(c1O)C1C=CC2O1. The Morgan fingerprint density at radius 2 is 1.76 bits per heavy atom. The molecule has 2 unspecified atom stereocenters. The van der Waals surface area contributed by atoms with Crippen LogP contribution in [0.5, 0.6) is 11.8 Å². The first kappa shape index (κ1) is 14.1. The van der Waals surface area contributed by atoms with E-state index in [0.29, 0.717) is 0 Å². The predicted molar refractivity (Wildman–Crippen MR) is 64.2 cm³/mol. The quantitative estimate of drug-likeness (QED) is 0.812. The number of aromatic nitrogens is 1. The average Bonchev–Trinajstić information content (AvgIpc) is 3.08. The number of ether oxygens (including phenoxy) is 1. The van der Waals surface area contributed by atoms with E-state index in [4.69, 9.17) is 4.74 Å². The van der Waals surface area contributed by atoms with Crippen LogP contribution in [0.25, 0.3) is 0 Å². The van der Waals surface area contributed by atoms with Crippen molar-refractivity contribution in [2.75, 3.05) is 0 Å². The number of hydrogen-bond donors (Lipinski definition) is 2. The van der Waals surface area contributed by atoms with E-state index >= 15 is 0 Å². The summed E-state index contributed by atoms with van der Waals surface area (Å²) in [6, 6.07) is 0. The van der Waals surface area contributed by atoms with Crippen molar-refractivity contribution in [3.8, 4) is 11.8 Å². The van der Waals surface area contributed by atoms with Crippen molar-refractivity contribution in [3.63, 3.8) is 0 Å². The molecule has 0 saturated heterocycles. The van der Waals surface area contributed by atoms with Crippen LogP contribution in [-0.2, 0) is 14.9 Å². The van der Waals surface area contributed by atoms with Gasteiger partial charge >= 0.3 is 15.4 Å². The van der Waals surface area contributed by atoms with Gasteiger partial charge in [-0.15, -0.1) is 0 Å². The van der Waals surface area contributed by atoms with Gasteiger partial charge in [0.05, 0.1) is 11.1 Å². The maximum Gasteiger partial charge on any atom is 0.393 e. The molecule has 2 N–H and O–H groups in total. The van der Waals surface area contributed by atoms with E-state index in [-0.39, 0.29) is 15.9 Å². The standard InChI is InChI=1S/C11H11F2NO6S/c1-2-11(12,13)21(17,18)20-14-9(15)7-5-3-4-6(19-5)8(7)10(14)16/h3-6,15-16H,2H2,1H3. The summed E-state index contributed by atoms with van der Waals surface area (Å²) >= 11 is 0. The van der Waals surface area contributed by atoms with Crippen molar-refractivity contribution < 1.29 is 36.4 Å². The third-order valence-electron chi connectivity index (χ3n) is 3.43. The van der Waals surface area contributed by atoms with Crippen molar-refractivity contribution in [3.05, 3.63) is 23.3 Å². The lowest BCUT2D eigenvalue weighted by Gasteiger charge is -2.16. The van der Waals surface area contributed by atoms with Crippen molar-refractivity contribution in [1.82, 2.24) is 4.73 Å². The summed E-state index contributed by atoms with van der Waals surface area (Å²) in [7, 11) is -5.36. The minimum absolute atomic E-state index is 0.0824. The second-order valence-electron chi connectivity index (χ2n) is 4.65. The zero-order chi connectivity index (χ0) is 15.6. The third kappa shape index (κ3) is 1.75. The van der Waals surface area contributed by atoms with E-state index in [2.05, 4.69) is 4.28 Å². The Hall–Kier alpha value is -1.81. The van der Waals surface area contributed by atoms with Crippen LogP contribution in [0, 0.1) is 0 Å². The van der Waals surface area contributed by atoms with Crippen LogP contribution in [0.2, 0.25) is 0 Å².